The molecular weight excluding hydrogens is 330 g/mol. The summed E-state index contributed by atoms with van der Waals surface area (Å²) in [5.41, 5.74) is 1.21. The van der Waals surface area contributed by atoms with Gasteiger partial charge in [-0.25, -0.2) is 0 Å². The van der Waals surface area contributed by atoms with E-state index < -0.39 is 10.8 Å². The minimum absolute atomic E-state index is 0.0930. The summed E-state index contributed by atoms with van der Waals surface area (Å²) >= 11 is 0. The molecule has 1 amide bonds. The van der Waals surface area contributed by atoms with Crippen LogP contribution >= 0.6 is 0 Å². The average molecular weight is 349 g/mol. The van der Waals surface area contributed by atoms with E-state index >= 15 is 0 Å². The Hall–Kier alpha value is -3.46. The van der Waals surface area contributed by atoms with Gasteiger partial charge in [-0.2, -0.15) is 5.26 Å². The lowest BCUT2D eigenvalue weighted by Gasteiger charge is -2.18. The fraction of sp³-hybridized carbons (Fsp3) is 0.200. The molecule has 0 saturated carbocycles. The third-order valence-corrected chi connectivity index (χ3v) is 3.84. The fourth-order valence-corrected chi connectivity index (χ4v) is 2.58. The van der Waals surface area contributed by atoms with Gasteiger partial charge in [-0.05, 0) is 23.6 Å². The first kappa shape index (κ1) is 18.9. The summed E-state index contributed by atoms with van der Waals surface area (Å²) in [6.45, 7) is 2.02. The van der Waals surface area contributed by atoms with Crippen molar-refractivity contribution in [2.24, 2.45) is 0 Å². The third-order valence-electron chi connectivity index (χ3n) is 3.84. The molecule has 0 aliphatic rings. The van der Waals surface area contributed by atoms with Crippen LogP contribution in [0.1, 0.15) is 36.9 Å². The van der Waals surface area contributed by atoms with E-state index in [0.29, 0.717) is 5.56 Å². The number of non-ortho nitro benzene ring substituents is 1. The van der Waals surface area contributed by atoms with Crippen molar-refractivity contribution in [2.45, 2.75) is 25.8 Å². The summed E-state index contributed by atoms with van der Waals surface area (Å²) in [7, 11) is 0. The van der Waals surface area contributed by atoms with E-state index in [1.807, 2.05) is 43.3 Å². The number of nitrogens with zero attached hydrogens (tertiary/aromatic N) is 2. The van der Waals surface area contributed by atoms with Crippen molar-refractivity contribution < 1.29 is 9.72 Å². The first-order chi connectivity index (χ1) is 12.5. The number of amides is 1. The minimum Gasteiger partial charge on any atom is -0.345 e. The smallest absolute Gasteiger partial charge is 0.270 e. The molecule has 6 nitrogen and oxygen atoms in total. The molecule has 6 heteroatoms. The Balaban J connectivity index is 2.23. The molecule has 0 aromatic heterocycles. The average Bonchev–Trinajstić information content (AvgIpc) is 2.66. The molecule has 0 spiro atoms. The van der Waals surface area contributed by atoms with E-state index in [-0.39, 0.29) is 17.3 Å². The molecule has 1 atom stereocenters. The van der Waals surface area contributed by atoms with Gasteiger partial charge >= 0.3 is 0 Å². The first-order valence-corrected chi connectivity index (χ1v) is 8.27. The lowest BCUT2D eigenvalue weighted by molar-refractivity contribution is -0.384. The van der Waals surface area contributed by atoms with Crippen LogP contribution in [-0.4, -0.2) is 10.8 Å². The molecule has 0 aliphatic heterocycles. The van der Waals surface area contributed by atoms with Crippen molar-refractivity contribution >= 4 is 17.7 Å². The van der Waals surface area contributed by atoms with Crippen LogP contribution in [0.3, 0.4) is 0 Å². The molecule has 2 aromatic rings. The Morgan fingerprint density at radius 3 is 2.62 bits per heavy atom. The molecule has 0 unspecified atom stereocenters. The highest BCUT2D eigenvalue weighted by Crippen LogP contribution is 2.20. The maximum absolute atomic E-state index is 12.5. The van der Waals surface area contributed by atoms with Crippen LogP contribution in [-0.2, 0) is 4.79 Å². The molecule has 1 N–H and O–H groups in total. The Kier molecular flexibility index (Phi) is 6.63. The van der Waals surface area contributed by atoms with Gasteiger partial charge in [0.05, 0.1) is 11.0 Å². The second kappa shape index (κ2) is 9.14. The summed E-state index contributed by atoms with van der Waals surface area (Å²) in [6.07, 6.45) is 2.97. The number of benzene rings is 2. The molecule has 0 saturated heterocycles. The number of carbonyl (C=O) groups is 1. The molecule has 0 fully saturated rings. The van der Waals surface area contributed by atoms with Gasteiger partial charge in [0.25, 0.3) is 11.6 Å². The van der Waals surface area contributed by atoms with Gasteiger partial charge in [0.15, 0.2) is 0 Å². The zero-order valence-electron chi connectivity index (χ0n) is 14.4. The Bertz CT molecular complexity index is 854. The first-order valence-electron chi connectivity index (χ1n) is 8.27. The quantitative estimate of drug-likeness (QED) is 0.351. The van der Waals surface area contributed by atoms with E-state index in [1.54, 1.807) is 6.07 Å². The van der Waals surface area contributed by atoms with Crippen molar-refractivity contribution in [3.8, 4) is 6.07 Å². The Labute approximate surface area is 151 Å². The van der Waals surface area contributed by atoms with Crippen LogP contribution in [0.4, 0.5) is 5.69 Å². The second-order valence-electron chi connectivity index (χ2n) is 5.75. The minimum atomic E-state index is -0.518. The maximum Gasteiger partial charge on any atom is 0.270 e. The van der Waals surface area contributed by atoms with Crippen molar-refractivity contribution in [1.29, 1.82) is 5.26 Å². The third kappa shape index (κ3) is 5.02. The van der Waals surface area contributed by atoms with Crippen LogP contribution in [0, 0.1) is 21.4 Å². The predicted molar refractivity (Wildman–Crippen MR) is 98.9 cm³/mol. The number of carbonyl (C=O) groups excluding carboxylic acids is 1. The van der Waals surface area contributed by atoms with Crippen LogP contribution in [0.5, 0.6) is 0 Å². The van der Waals surface area contributed by atoms with E-state index in [9.17, 15) is 20.2 Å². The topological polar surface area (TPSA) is 96.0 Å². The van der Waals surface area contributed by atoms with Gasteiger partial charge < -0.3 is 5.32 Å². The maximum atomic E-state index is 12.5. The standard InChI is InChI=1S/C20H19N3O3/c1-2-7-19(16-9-4-3-5-10-16)22-20(24)17(14-21)12-15-8-6-11-18(13-15)23(25)26/h3-6,8-13,19H,2,7H2,1H3,(H,22,24)/t19-/m0/s1. The van der Waals surface area contributed by atoms with E-state index in [0.717, 1.165) is 18.4 Å². The molecule has 2 aromatic carbocycles. The molecular formula is C20H19N3O3. The predicted octanol–water partition coefficient (Wildman–Crippen LogP) is 4.16. The van der Waals surface area contributed by atoms with Crippen molar-refractivity contribution in [2.75, 3.05) is 0 Å². The summed E-state index contributed by atoms with van der Waals surface area (Å²) in [4.78, 5) is 22.9. The number of nitriles is 1. The monoisotopic (exact) mass is 349 g/mol. The van der Waals surface area contributed by atoms with Gasteiger partial charge in [0.2, 0.25) is 0 Å². The molecule has 26 heavy (non-hydrogen) atoms. The van der Waals surface area contributed by atoms with E-state index in [1.165, 1.54) is 24.3 Å². The van der Waals surface area contributed by atoms with Gasteiger partial charge in [-0.15, -0.1) is 0 Å². The summed E-state index contributed by atoms with van der Waals surface area (Å²) in [5.74, 6) is -0.499. The molecule has 132 valence electrons. The lowest BCUT2D eigenvalue weighted by Crippen LogP contribution is -2.29. The van der Waals surface area contributed by atoms with Crippen molar-refractivity contribution in [3.05, 3.63) is 81.4 Å². The SMILES string of the molecule is CCC[C@H](NC(=O)C(C#N)=Cc1cccc([N+](=O)[O-])c1)c1ccccc1. The number of nitro benzene ring substituents is 1. The summed E-state index contributed by atoms with van der Waals surface area (Å²) < 4.78 is 0. The highest BCUT2D eigenvalue weighted by Gasteiger charge is 2.17. The number of nitrogens with one attached hydrogen (secondary N) is 1. The highest BCUT2D eigenvalue weighted by atomic mass is 16.6. The Morgan fingerprint density at radius 2 is 2.00 bits per heavy atom. The highest BCUT2D eigenvalue weighted by molar-refractivity contribution is 6.01. The van der Waals surface area contributed by atoms with E-state index in [2.05, 4.69) is 5.32 Å². The van der Waals surface area contributed by atoms with Crippen molar-refractivity contribution in [1.82, 2.24) is 5.32 Å². The fourth-order valence-electron chi connectivity index (χ4n) is 2.58. The molecule has 0 radical (unpaired) electrons. The zero-order chi connectivity index (χ0) is 18.9. The van der Waals surface area contributed by atoms with Crippen molar-refractivity contribution in [3.63, 3.8) is 0 Å². The van der Waals surface area contributed by atoms with Gasteiger partial charge in [0.1, 0.15) is 11.6 Å². The largest absolute Gasteiger partial charge is 0.345 e. The summed E-state index contributed by atoms with van der Waals surface area (Å²) in [5, 5.41) is 23.1. The molecule has 2 rings (SSSR count). The Morgan fingerprint density at radius 1 is 1.27 bits per heavy atom. The molecule has 0 bridgehead atoms. The van der Waals surface area contributed by atoms with E-state index in [4.69, 9.17) is 0 Å². The van der Waals surface area contributed by atoms with Gasteiger partial charge in [-0.3, -0.25) is 14.9 Å². The van der Waals surface area contributed by atoms with Crippen LogP contribution in [0.2, 0.25) is 0 Å². The molecule has 0 aliphatic carbocycles. The molecule has 0 heterocycles. The number of hydrogen-bond donors (Lipinski definition) is 1. The number of hydrogen-bond acceptors (Lipinski definition) is 4. The van der Waals surface area contributed by atoms with Crippen LogP contribution in [0.25, 0.3) is 6.08 Å². The number of rotatable bonds is 7. The van der Waals surface area contributed by atoms with Gasteiger partial charge in [0, 0.05) is 12.1 Å². The normalized spacial score (nSPS) is 12.1. The number of nitro groups is 1. The summed E-state index contributed by atoms with van der Waals surface area (Å²) in [6, 6.07) is 17.0. The lowest BCUT2D eigenvalue weighted by atomic mass is 10.0. The van der Waals surface area contributed by atoms with Crippen LogP contribution in [0.15, 0.2) is 60.2 Å². The van der Waals surface area contributed by atoms with Crippen LogP contribution < -0.4 is 5.32 Å². The second-order valence-corrected chi connectivity index (χ2v) is 5.75. The zero-order valence-corrected chi connectivity index (χ0v) is 14.4. The van der Waals surface area contributed by atoms with Gasteiger partial charge in [-0.1, -0.05) is 55.8 Å².